The molecule has 0 aliphatic heterocycles. The van der Waals surface area contributed by atoms with Gasteiger partial charge in [-0.05, 0) is 51.4 Å². The van der Waals surface area contributed by atoms with Gasteiger partial charge in [0.1, 0.15) is 0 Å². The quantitative estimate of drug-likeness (QED) is 0.693. The molecule has 13 heavy (non-hydrogen) atoms. The second kappa shape index (κ2) is 3.66. The predicted molar refractivity (Wildman–Crippen MR) is 66.0 cm³/mol. The maximum Gasteiger partial charge on any atom is 0.0208 e. The molecule has 0 unspecified atom stereocenters. The fraction of sp³-hybridized carbons (Fsp3) is 0.167. The summed E-state index contributed by atoms with van der Waals surface area (Å²) in [6.07, 6.45) is 1.11. The van der Waals surface area contributed by atoms with Crippen LogP contribution in [-0.2, 0) is 6.42 Å². The molecule has 2 aromatic carbocycles. The highest BCUT2D eigenvalue weighted by atomic mass is 127. The van der Waals surface area contributed by atoms with E-state index >= 15 is 0 Å². The topological polar surface area (TPSA) is 0 Å². The van der Waals surface area contributed by atoms with Crippen LogP contribution in [0.25, 0.3) is 10.8 Å². The van der Waals surface area contributed by atoms with E-state index in [1.54, 1.807) is 0 Å². The van der Waals surface area contributed by atoms with Crippen LogP contribution in [0.2, 0.25) is 0 Å². The van der Waals surface area contributed by atoms with E-state index in [9.17, 15) is 0 Å². The van der Waals surface area contributed by atoms with Crippen molar-refractivity contribution in [1.29, 1.82) is 0 Å². The molecule has 0 aliphatic carbocycles. The van der Waals surface area contributed by atoms with Gasteiger partial charge in [0.2, 0.25) is 0 Å². The Kier molecular flexibility index (Phi) is 2.54. The molecule has 2 rings (SSSR count). The van der Waals surface area contributed by atoms with Gasteiger partial charge >= 0.3 is 0 Å². The molecule has 0 bridgehead atoms. The summed E-state index contributed by atoms with van der Waals surface area (Å²) in [6, 6.07) is 13.1. The first kappa shape index (κ1) is 9.00. The average Bonchev–Trinajstić information content (AvgIpc) is 2.18. The van der Waals surface area contributed by atoms with Crippen LogP contribution in [0.3, 0.4) is 0 Å². The summed E-state index contributed by atoms with van der Waals surface area (Å²) in [5.41, 5.74) is 1.41. The van der Waals surface area contributed by atoms with E-state index in [4.69, 9.17) is 0 Å². The maximum absolute atomic E-state index is 2.39. The molecule has 0 aromatic heterocycles. The maximum atomic E-state index is 2.39. The molecular formula is C12H11I. The average molecular weight is 282 g/mol. The summed E-state index contributed by atoms with van der Waals surface area (Å²) in [6.45, 7) is 2.19. The Hall–Kier alpha value is -0.570. The van der Waals surface area contributed by atoms with Crippen LogP contribution in [0.15, 0.2) is 36.4 Å². The second-order valence-electron chi connectivity index (χ2n) is 3.15. The number of rotatable bonds is 1. The van der Waals surface area contributed by atoms with Gasteiger partial charge in [0.05, 0.1) is 0 Å². The van der Waals surface area contributed by atoms with Crippen molar-refractivity contribution < 1.29 is 0 Å². The number of aryl methyl sites for hydroxylation is 1. The van der Waals surface area contributed by atoms with Gasteiger partial charge in [-0.3, -0.25) is 0 Å². The number of benzene rings is 2. The Bertz CT molecular complexity index is 432. The highest BCUT2D eigenvalue weighted by Gasteiger charge is 1.97. The van der Waals surface area contributed by atoms with Crippen molar-refractivity contribution in [2.75, 3.05) is 0 Å². The molecule has 0 N–H and O–H groups in total. The highest BCUT2D eigenvalue weighted by Crippen LogP contribution is 2.21. The number of halogens is 1. The van der Waals surface area contributed by atoms with Crippen molar-refractivity contribution in [3.8, 4) is 0 Å². The van der Waals surface area contributed by atoms with Gasteiger partial charge in [0.15, 0.2) is 0 Å². The van der Waals surface area contributed by atoms with Crippen molar-refractivity contribution >= 4 is 33.4 Å². The third-order valence-electron chi connectivity index (χ3n) is 2.30. The van der Waals surface area contributed by atoms with E-state index in [2.05, 4.69) is 65.9 Å². The molecule has 0 fully saturated rings. The van der Waals surface area contributed by atoms with Crippen LogP contribution in [0.5, 0.6) is 0 Å². The lowest BCUT2D eigenvalue weighted by Crippen LogP contribution is -1.82. The molecule has 0 atom stereocenters. The normalized spacial score (nSPS) is 10.6. The predicted octanol–water partition coefficient (Wildman–Crippen LogP) is 4.01. The summed E-state index contributed by atoms with van der Waals surface area (Å²) in [7, 11) is 0. The minimum absolute atomic E-state index is 1.11. The van der Waals surface area contributed by atoms with Gasteiger partial charge in [0, 0.05) is 3.57 Å². The molecule has 0 nitrogen and oxygen atoms in total. The Morgan fingerprint density at radius 1 is 1.15 bits per heavy atom. The van der Waals surface area contributed by atoms with E-state index in [-0.39, 0.29) is 0 Å². The van der Waals surface area contributed by atoms with Gasteiger partial charge < -0.3 is 0 Å². The first-order valence-corrected chi connectivity index (χ1v) is 5.56. The molecule has 0 radical (unpaired) electrons. The molecule has 0 saturated heterocycles. The van der Waals surface area contributed by atoms with Crippen molar-refractivity contribution in [1.82, 2.24) is 0 Å². The van der Waals surface area contributed by atoms with E-state index in [0.29, 0.717) is 0 Å². The highest BCUT2D eigenvalue weighted by molar-refractivity contribution is 14.1. The lowest BCUT2D eigenvalue weighted by atomic mass is 10.1. The van der Waals surface area contributed by atoms with Gasteiger partial charge in [-0.15, -0.1) is 0 Å². The largest absolute Gasteiger partial charge is 0.0613 e. The first-order valence-electron chi connectivity index (χ1n) is 4.48. The molecule has 1 heteroatoms. The van der Waals surface area contributed by atoms with E-state index in [1.165, 1.54) is 19.9 Å². The minimum atomic E-state index is 1.11. The zero-order chi connectivity index (χ0) is 9.26. The molecular weight excluding hydrogens is 271 g/mol. The van der Waals surface area contributed by atoms with Crippen molar-refractivity contribution in [2.24, 2.45) is 0 Å². The number of fused-ring (bicyclic) bond motifs is 1. The molecule has 0 saturated carbocycles. The van der Waals surface area contributed by atoms with Crippen molar-refractivity contribution in [3.05, 3.63) is 45.5 Å². The molecule has 0 aliphatic rings. The molecule has 0 heterocycles. The Balaban J connectivity index is 2.74. The first-order chi connectivity index (χ1) is 6.31. The minimum Gasteiger partial charge on any atom is -0.0613 e. The zero-order valence-electron chi connectivity index (χ0n) is 7.55. The monoisotopic (exact) mass is 282 g/mol. The fourth-order valence-corrected chi connectivity index (χ4v) is 2.18. The van der Waals surface area contributed by atoms with E-state index in [0.717, 1.165) is 6.42 Å². The SMILES string of the molecule is CCc1ccc2cccc(I)c2c1. The second-order valence-corrected chi connectivity index (χ2v) is 4.31. The van der Waals surface area contributed by atoms with Crippen LogP contribution < -0.4 is 0 Å². The number of hydrogen-bond donors (Lipinski definition) is 0. The lowest BCUT2D eigenvalue weighted by molar-refractivity contribution is 1.15. The third-order valence-corrected chi connectivity index (χ3v) is 3.24. The smallest absolute Gasteiger partial charge is 0.0208 e. The summed E-state index contributed by atoms with van der Waals surface area (Å²) in [4.78, 5) is 0. The molecule has 0 spiro atoms. The van der Waals surface area contributed by atoms with Crippen LogP contribution in [0.1, 0.15) is 12.5 Å². The Labute approximate surface area is 92.1 Å². The summed E-state index contributed by atoms with van der Waals surface area (Å²) in [5.74, 6) is 0. The van der Waals surface area contributed by atoms with Gasteiger partial charge in [0.25, 0.3) is 0 Å². The Morgan fingerprint density at radius 3 is 2.77 bits per heavy atom. The standard InChI is InChI=1S/C12H11I/c1-2-9-6-7-10-4-3-5-12(13)11(10)8-9/h3-8H,2H2,1H3. The van der Waals surface area contributed by atoms with E-state index < -0.39 is 0 Å². The van der Waals surface area contributed by atoms with Crippen LogP contribution in [-0.4, -0.2) is 0 Å². The van der Waals surface area contributed by atoms with Gasteiger partial charge in [-0.2, -0.15) is 0 Å². The molecule has 66 valence electrons. The molecule has 0 amide bonds. The zero-order valence-corrected chi connectivity index (χ0v) is 9.71. The van der Waals surface area contributed by atoms with Gasteiger partial charge in [-0.1, -0.05) is 37.3 Å². The number of hydrogen-bond acceptors (Lipinski definition) is 0. The van der Waals surface area contributed by atoms with Crippen LogP contribution in [0, 0.1) is 3.57 Å². The van der Waals surface area contributed by atoms with Crippen molar-refractivity contribution in [3.63, 3.8) is 0 Å². The van der Waals surface area contributed by atoms with Gasteiger partial charge in [-0.25, -0.2) is 0 Å². The molecule has 2 aromatic rings. The summed E-state index contributed by atoms with van der Waals surface area (Å²) < 4.78 is 1.34. The third kappa shape index (κ3) is 1.70. The fourth-order valence-electron chi connectivity index (χ4n) is 1.50. The van der Waals surface area contributed by atoms with Crippen LogP contribution >= 0.6 is 22.6 Å². The van der Waals surface area contributed by atoms with E-state index in [1.807, 2.05) is 0 Å². The lowest BCUT2D eigenvalue weighted by Gasteiger charge is -2.02. The summed E-state index contributed by atoms with van der Waals surface area (Å²) >= 11 is 2.39. The summed E-state index contributed by atoms with van der Waals surface area (Å²) in [5, 5.41) is 2.71. The Morgan fingerprint density at radius 2 is 2.00 bits per heavy atom. The van der Waals surface area contributed by atoms with Crippen LogP contribution in [0.4, 0.5) is 0 Å². The van der Waals surface area contributed by atoms with Crippen molar-refractivity contribution in [2.45, 2.75) is 13.3 Å².